The normalized spacial score (nSPS) is 11.8. The van der Waals surface area contributed by atoms with Crippen LogP contribution in [0.2, 0.25) is 0 Å². The predicted molar refractivity (Wildman–Crippen MR) is 125 cm³/mol. The van der Waals surface area contributed by atoms with Gasteiger partial charge in [-0.25, -0.2) is 18.7 Å². The number of hydrogen-bond donors (Lipinski definition) is 4. The van der Waals surface area contributed by atoms with Crippen LogP contribution < -0.4 is 10.6 Å². The van der Waals surface area contributed by atoms with E-state index in [2.05, 4.69) is 25.6 Å². The van der Waals surface area contributed by atoms with Crippen LogP contribution in [0.5, 0.6) is 0 Å². The van der Waals surface area contributed by atoms with Crippen LogP contribution in [0.25, 0.3) is 11.3 Å². The minimum atomic E-state index is -0.766. The van der Waals surface area contributed by atoms with Gasteiger partial charge in [-0.15, -0.1) is 0 Å². The van der Waals surface area contributed by atoms with Gasteiger partial charge in [-0.05, 0) is 60.9 Å². The molecule has 0 fully saturated rings. The number of aliphatic hydroxyl groups is 1. The number of aromatic nitrogens is 3. The van der Waals surface area contributed by atoms with E-state index in [-0.39, 0.29) is 24.1 Å². The molecular formula is C25H23F2N5O2. The minimum absolute atomic E-state index is 0.249. The molecule has 0 aliphatic rings. The SMILES string of the molecule is Cc1ccc([C@@H](CO)NC(=O)c2cc(-c3nc(Nc4cccc(F)c4)ncc3C)c[nH]2)cc1F. The highest BCUT2D eigenvalue weighted by Gasteiger charge is 2.18. The third-order valence-electron chi connectivity index (χ3n) is 5.34. The van der Waals surface area contributed by atoms with E-state index in [0.717, 1.165) is 5.56 Å². The van der Waals surface area contributed by atoms with E-state index >= 15 is 0 Å². The lowest BCUT2D eigenvalue weighted by Gasteiger charge is -2.17. The maximum Gasteiger partial charge on any atom is 0.268 e. The lowest BCUT2D eigenvalue weighted by atomic mass is 10.0. The maximum atomic E-state index is 13.9. The van der Waals surface area contributed by atoms with Crippen LogP contribution in [0.15, 0.2) is 60.9 Å². The number of aliphatic hydroxyl groups excluding tert-OH is 1. The number of nitrogens with one attached hydrogen (secondary N) is 3. The lowest BCUT2D eigenvalue weighted by Crippen LogP contribution is -2.31. The van der Waals surface area contributed by atoms with Gasteiger partial charge in [0.1, 0.15) is 17.3 Å². The first-order valence-electron chi connectivity index (χ1n) is 10.6. The molecule has 4 N–H and O–H groups in total. The van der Waals surface area contributed by atoms with Gasteiger partial charge in [-0.3, -0.25) is 4.79 Å². The van der Waals surface area contributed by atoms with Crippen molar-refractivity contribution in [2.75, 3.05) is 11.9 Å². The number of aryl methyl sites for hydroxylation is 2. The van der Waals surface area contributed by atoms with Gasteiger partial charge in [0.05, 0.1) is 18.3 Å². The number of benzene rings is 2. The Morgan fingerprint density at radius 2 is 1.94 bits per heavy atom. The van der Waals surface area contributed by atoms with Gasteiger partial charge in [0, 0.05) is 23.6 Å². The van der Waals surface area contributed by atoms with E-state index in [4.69, 9.17) is 0 Å². The second-order valence-corrected chi connectivity index (χ2v) is 7.88. The Hall–Kier alpha value is -4.11. The molecule has 2 heterocycles. The van der Waals surface area contributed by atoms with Gasteiger partial charge >= 0.3 is 0 Å². The van der Waals surface area contributed by atoms with Gasteiger partial charge < -0.3 is 20.7 Å². The van der Waals surface area contributed by atoms with Crippen LogP contribution in [0.1, 0.15) is 33.2 Å². The summed E-state index contributed by atoms with van der Waals surface area (Å²) in [6, 6.07) is 11.4. The van der Waals surface area contributed by atoms with E-state index in [0.29, 0.717) is 28.1 Å². The van der Waals surface area contributed by atoms with Gasteiger partial charge in [0.15, 0.2) is 0 Å². The molecule has 0 bridgehead atoms. The molecular weight excluding hydrogens is 440 g/mol. The first-order valence-corrected chi connectivity index (χ1v) is 10.6. The zero-order valence-electron chi connectivity index (χ0n) is 18.6. The molecule has 0 saturated heterocycles. The van der Waals surface area contributed by atoms with Crippen molar-refractivity contribution in [1.82, 2.24) is 20.3 Å². The Bertz CT molecular complexity index is 1340. The number of carbonyl (C=O) groups is 1. The maximum absolute atomic E-state index is 13.9. The predicted octanol–water partition coefficient (Wildman–Crippen LogP) is 4.57. The molecule has 0 spiro atoms. The number of carbonyl (C=O) groups excluding carboxylic acids is 1. The molecule has 4 rings (SSSR count). The summed E-state index contributed by atoms with van der Waals surface area (Å²) in [5, 5.41) is 15.4. The molecule has 2 aromatic carbocycles. The summed E-state index contributed by atoms with van der Waals surface area (Å²) in [5.41, 5.74) is 3.71. The summed E-state index contributed by atoms with van der Waals surface area (Å²) in [4.78, 5) is 24.4. The van der Waals surface area contributed by atoms with Gasteiger partial charge in [0.25, 0.3) is 5.91 Å². The molecule has 0 unspecified atom stereocenters. The van der Waals surface area contributed by atoms with Crippen LogP contribution in [0.3, 0.4) is 0 Å². The minimum Gasteiger partial charge on any atom is -0.394 e. The van der Waals surface area contributed by atoms with E-state index in [1.807, 2.05) is 6.92 Å². The second-order valence-electron chi connectivity index (χ2n) is 7.88. The molecule has 0 radical (unpaired) electrons. The fourth-order valence-electron chi connectivity index (χ4n) is 3.45. The molecule has 9 heteroatoms. The summed E-state index contributed by atoms with van der Waals surface area (Å²) in [7, 11) is 0. The van der Waals surface area contributed by atoms with Crippen LogP contribution in [0.4, 0.5) is 20.4 Å². The van der Waals surface area contributed by atoms with Crippen LogP contribution in [-0.4, -0.2) is 32.6 Å². The van der Waals surface area contributed by atoms with Crippen LogP contribution >= 0.6 is 0 Å². The van der Waals surface area contributed by atoms with Gasteiger partial charge in [-0.2, -0.15) is 0 Å². The Labute approximate surface area is 194 Å². The first-order chi connectivity index (χ1) is 16.3. The van der Waals surface area contributed by atoms with Crippen molar-refractivity contribution in [3.63, 3.8) is 0 Å². The molecule has 0 saturated carbocycles. The van der Waals surface area contributed by atoms with E-state index in [1.54, 1.807) is 49.6 Å². The van der Waals surface area contributed by atoms with Crippen molar-refractivity contribution in [3.05, 3.63) is 94.9 Å². The highest BCUT2D eigenvalue weighted by molar-refractivity contribution is 5.94. The smallest absolute Gasteiger partial charge is 0.268 e. The topological polar surface area (TPSA) is 103 Å². The standard InChI is InChI=1S/C25H23F2N5O2/c1-14-6-7-16(8-20(14)27)22(13-33)31-24(34)21-9-17(12-28-21)23-15(2)11-29-25(32-23)30-19-5-3-4-18(26)10-19/h3-12,22,28,33H,13H2,1-2H3,(H,31,34)(H,29,30,32)/t22-/m1/s1. The highest BCUT2D eigenvalue weighted by atomic mass is 19.1. The molecule has 4 aromatic rings. The molecule has 1 amide bonds. The molecule has 7 nitrogen and oxygen atoms in total. The summed E-state index contributed by atoms with van der Waals surface area (Å²) < 4.78 is 27.4. The van der Waals surface area contributed by atoms with E-state index in [1.165, 1.54) is 18.2 Å². The summed E-state index contributed by atoms with van der Waals surface area (Å²) in [5.74, 6) is -0.973. The van der Waals surface area contributed by atoms with Crippen LogP contribution in [0, 0.1) is 25.5 Å². The highest BCUT2D eigenvalue weighted by Crippen LogP contribution is 2.25. The van der Waals surface area contributed by atoms with Crippen molar-refractivity contribution in [1.29, 1.82) is 0 Å². The summed E-state index contributed by atoms with van der Waals surface area (Å²) >= 11 is 0. The number of anilines is 2. The Balaban J connectivity index is 1.53. The zero-order chi connectivity index (χ0) is 24.2. The Kier molecular flexibility index (Phi) is 6.65. The summed E-state index contributed by atoms with van der Waals surface area (Å²) in [6.07, 6.45) is 3.26. The molecule has 1 atom stereocenters. The number of halogens is 2. The second kappa shape index (κ2) is 9.80. The Morgan fingerprint density at radius 3 is 2.68 bits per heavy atom. The number of amides is 1. The van der Waals surface area contributed by atoms with E-state index < -0.39 is 17.8 Å². The average molecular weight is 463 g/mol. The van der Waals surface area contributed by atoms with Crippen molar-refractivity contribution in [2.45, 2.75) is 19.9 Å². The molecule has 2 aromatic heterocycles. The molecule has 0 aliphatic heterocycles. The largest absolute Gasteiger partial charge is 0.394 e. The molecule has 174 valence electrons. The van der Waals surface area contributed by atoms with E-state index in [9.17, 15) is 18.7 Å². The molecule has 34 heavy (non-hydrogen) atoms. The fourth-order valence-corrected chi connectivity index (χ4v) is 3.45. The number of H-pyrrole nitrogens is 1. The third-order valence-corrected chi connectivity index (χ3v) is 5.34. The van der Waals surface area contributed by atoms with Crippen molar-refractivity contribution in [3.8, 4) is 11.3 Å². The Morgan fingerprint density at radius 1 is 1.12 bits per heavy atom. The quantitative estimate of drug-likeness (QED) is 0.321. The monoisotopic (exact) mass is 463 g/mol. The van der Waals surface area contributed by atoms with Gasteiger partial charge in [0.2, 0.25) is 5.95 Å². The zero-order valence-corrected chi connectivity index (χ0v) is 18.6. The van der Waals surface area contributed by atoms with Crippen LogP contribution in [-0.2, 0) is 0 Å². The number of rotatable bonds is 7. The lowest BCUT2D eigenvalue weighted by molar-refractivity contribution is 0.0911. The first kappa shape index (κ1) is 23.1. The average Bonchev–Trinajstić information content (AvgIpc) is 3.31. The van der Waals surface area contributed by atoms with Gasteiger partial charge in [-0.1, -0.05) is 18.2 Å². The number of nitrogens with zero attached hydrogens (tertiary/aromatic N) is 2. The number of aromatic amines is 1. The van der Waals surface area contributed by atoms with Crippen molar-refractivity contribution >= 4 is 17.5 Å². The summed E-state index contributed by atoms with van der Waals surface area (Å²) in [6.45, 7) is 3.09. The number of hydrogen-bond acceptors (Lipinski definition) is 5. The van der Waals surface area contributed by atoms with Crippen molar-refractivity contribution in [2.24, 2.45) is 0 Å². The molecule has 0 aliphatic carbocycles. The fraction of sp³-hybridized carbons (Fsp3) is 0.160. The third kappa shape index (κ3) is 5.10. The van der Waals surface area contributed by atoms with Crippen molar-refractivity contribution < 1.29 is 18.7 Å².